The lowest BCUT2D eigenvalue weighted by Gasteiger charge is -2.17. The molecule has 0 radical (unpaired) electrons. The Balaban J connectivity index is 1.95. The Morgan fingerprint density at radius 1 is 1.48 bits per heavy atom. The van der Waals surface area contributed by atoms with E-state index in [1.165, 1.54) is 0 Å². The average Bonchev–Trinajstić information content (AvgIpc) is 3.26. The number of hydrogen-bond donors (Lipinski definition) is 2. The lowest BCUT2D eigenvalue weighted by atomic mass is 10.0. The number of carbonyl (C=O) groups is 2. The summed E-state index contributed by atoms with van der Waals surface area (Å²) in [6.45, 7) is 2.61. The van der Waals surface area contributed by atoms with Gasteiger partial charge in [-0.25, -0.2) is 4.68 Å². The van der Waals surface area contributed by atoms with E-state index in [0.717, 1.165) is 29.8 Å². The van der Waals surface area contributed by atoms with Crippen molar-refractivity contribution in [3.05, 3.63) is 46.8 Å². The predicted molar refractivity (Wildman–Crippen MR) is 110 cm³/mol. The van der Waals surface area contributed by atoms with Crippen molar-refractivity contribution < 1.29 is 14.7 Å². The molecule has 0 bridgehead atoms. The lowest BCUT2D eigenvalue weighted by Crippen LogP contribution is -2.33. The maximum atomic E-state index is 11.8. The number of nitrogens with two attached hydrogens (primary N) is 1. The molecule has 3 rings (SSSR count). The first kappa shape index (κ1) is 20.8. The molecule has 152 valence electrons. The van der Waals surface area contributed by atoms with Crippen LogP contribution in [0.2, 0.25) is 0 Å². The maximum absolute atomic E-state index is 11.8. The second-order valence-corrected chi connectivity index (χ2v) is 7.82. The summed E-state index contributed by atoms with van der Waals surface area (Å²) in [5, 5.41) is 14.8. The first-order chi connectivity index (χ1) is 13.7. The van der Waals surface area contributed by atoms with Crippen molar-refractivity contribution >= 4 is 12.2 Å². The van der Waals surface area contributed by atoms with Gasteiger partial charge in [0.1, 0.15) is 0 Å². The molecule has 7 heteroatoms. The highest BCUT2D eigenvalue weighted by Crippen LogP contribution is 2.36. The molecule has 1 amide bonds. The fraction of sp³-hybridized carbons (Fsp3) is 0.409. The molecule has 0 fully saturated rings. The van der Waals surface area contributed by atoms with E-state index >= 15 is 0 Å². The van der Waals surface area contributed by atoms with Gasteiger partial charge in [0.25, 0.3) is 5.91 Å². The van der Waals surface area contributed by atoms with Crippen molar-refractivity contribution in [2.24, 2.45) is 5.73 Å². The van der Waals surface area contributed by atoms with Crippen LogP contribution in [0.15, 0.2) is 24.3 Å². The van der Waals surface area contributed by atoms with E-state index in [2.05, 4.69) is 23.9 Å². The van der Waals surface area contributed by atoms with Gasteiger partial charge < -0.3 is 15.7 Å². The van der Waals surface area contributed by atoms with Crippen LogP contribution in [0.3, 0.4) is 0 Å². The summed E-state index contributed by atoms with van der Waals surface area (Å²) in [6.07, 6.45) is 2.48. The second-order valence-electron chi connectivity index (χ2n) is 7.82. The highest BCUT2D eigenvalue weighted by atomic mass is 16.3. The Hall–Kier alpha value is -2.95. The maximum Gasteiger partial charge on any atom is 0.269 e. The van der Waals surface area contributed by atoms with Crippen LogP contribution in [0.5, 0.6) is 0 Å². The number of primary amides is 1. The minimum atomic E-state index is -1.69. The zero-order chi connectivity index (χ0) is 21.2. The standard InChI is InChI=1S/C22H26N4O3/c1-15-7-8-18-19(15)20(21(23)28)24-26(18)17-6-4-5-16(13-17)9-10-22(29,14-27)11-12-25(2)3/h4-6,13-15,29H,7-8,11-12H2,1-3H3,(H2,23,28)/t15-,22+/m1/s1. The molecular weight excluding hydrogens is 368 g/mol. The Kier molecular flexibility index (Phi) is 5.87. The number of aliphatic hydroxyl groups is 1. The highest BCUT2D eigenvalue weighted by Gasteiger charge is 2.30. The topological polar surface area (TPSA) is 101 Å². The van der Waals surface area contributed by atoms with E-state index in [9.17, 15) is 14.7 Å². The third-order valence-electron chi connectivity index (χ3n) is 5.21. The summed E-state index contributed by atoms with van der Waals surface area (Å²) in [6, 6.07) is 7.33. The van der Waals surface area contributed by atoms with Crippen LogP contribution in [0.25, 0.3) is 5.69 Å². The number of fused-ring (bicyclic) bond motifs is 1. The Morgan fingerprint density at radius 2 is 2.24 bits per heavy atom. The van der Waals surface area contributed by atoms with Gasteiger partial charge in [0.2, 0.25) is 0 Å². The van der Waals surface area contributed by atoms with Gasteiger partial charge in [-0.1, -0.05) is 24.8 Å². The Labute approximate surface area is 170 Å². The summed E-state index contributed by atoms with van der Waals surface area (Å²) in [4.78, 5) is 25.1. The van der Waals surface area contributed by atoms with Crippen molar-refractivity contribution in [1.82, 2.24) is 14.7 Å². The van der Waals surface area contributed by atoms with Crippen LogP contribution in [0.1, 0.15) is 53.0 Å². The van der Waals surface area contributed by atoms with Crippen LogP contribution in [-0.2, 0) is 11.2 Å². The Bertz CT molecular complexity index is 999. The molecule has 0 saturated carbocycles. The third-order valence-corrected chi connectivity index (χ3v) is 5.21. The van der Waals surface area contributed by atoms with Crippen molar-refractivity contribution in [1.29, 1.82) is 0 Å². The van der Waals surface area contributed by atoms with Crippen LogP contribution < -0.4 is 5.73 Å². The fourth-order valence-corrected chi connectivity index (χ4v) is 3.56. The highest BCUT2D eigenvalue weighted by molar-refractivity contribution is 5.93. The van der Waals surface area contributed by atoms with Gasteiger partial charge in [0.15, 0.2) is 17.6 Å². The Morgan fingerprint density at radius 3 is 2.90 bits per heavy atom. The third kappa shape index (κ3) is 4.39. The molecule has 2 atom stereocenters. The summed E-state index contributed by atoms with van der Waals surface area (Å²) in [5.41, 5.74) is 7.48. The number of carbonyl (C=O) groups excluding carboxylic acids is 2. The molecule has 0 aliphatic heterocycles. The number of benzene rings is 1. The fourth-order valence-electron chi connectivity index (χ4n) is 3.56. The van der Waals surface area contributed by atoms with Crippen molar-refractivity contribution in [3.8, 4) is 17.5 Å². The normalized spacial score (nSPS) is 17.3. The molecule has 1 aliphatic carbocycles. The van der Waals surface area contributed by atoms with Gasteiger partial charge in [0.05, 0.1) is 5.69 Å². The van der Waals surface area contributed by atoms with Crippen molar-refractivity contribution in [2.45, 2.75) is 37.7 Å². The number of nitrogens with zero attached hydrogens (tertiary/aromatic N) is 3. The molecule has 29 heavy (non-hydrogen) atoms. The van der Waals surface area contributed by atoms with Crippen LogP contribution >= 0.6 is 0 Å². The summed E-state index contributed by atoms with van der Waals surface area (Å²) >= 11 is 0. The van der Waals surface area contributed by atoms with Crippen molar-refractivity contribution in [2.75, 3.05) is 20.6 Å². The second kappa shape index (κ2) is 8.19. The lowest BCUT2D eigenvalue weighted by molar-refractivity contribution is -0.119. The smallest absolute Gasteiger partial charge is 0.269 e. The predicted octanol–water partition coefficient (Wildman–Crippen LogP) is 1.25. The minimum absolute atomic E-state index is 0.225. The van der Waals surface area contributed by atoms with Gasteiger partial charge >= 0.3 is 0 Å². The molecular formula is C22H26N4O3. The molecule has 0 saturated heterocycles. The van der Waals surface area contributed by atoms with Gasteiger partial charge in [-0.05, 0) is 51.1 Å². The molecule has 1 heterocycles. The number of aldehydes is 1. The van der Waals surface area contributed by atoms with Gasteiger partial charge in [-0.3, -0.25) is 9.59 Å². The first-order valence-electron chi connectivity index (χ1n) is 9.63. The van der Waals surface area contributed by atoms with Crippen LogP contribution in [0, 0.1) is 11.8 Å². The molecule has 0 unspecified atom stereocenters. The largest absolute Gasteiger partial charge is 0.371 e. The van der Waals surface area contributed by atoms with Gasteiger partial charge in [-0.2, -0.15) is 5.10 Å². The quantitative estimate of drug-likeness (QED) is 0.567. The zero-order valence-electron chi connectivity index (χ0n) is 17.0. The van der Waals surface area contributed by atoms with Crippen LogP contribution in [0.4, 0.5) is 0 Å². The molecule has 7 nitrogen and oxygen atoms in total. The molecule has 3 N–H and O–H groups in total. The zero-order valence-corrected chi connectivity index (χ0v) is 17.0. The average molecular weight is 394 g/mol. The molecule has 1 aromatic heterocycles. The minimum Gasteiger partial charge on any atom is -0.371 e. The van der Waals surface area contributed by atoms with E-state index in [1.807, 2.05) is 37.2 Å². The summed E-state index contributed by atoms with van der Waals surface area (Å²) in [5.74, 6) is 5.29. The number of aromatic nitrogens is 2. The molecule has 1 aromatic carbocycles. The van der Waals surface area contributed by atoms with Crippen molar-refractivity contribution in [3.63, 3.8) is 0 Å². The SMILES string of the molecule is C[C@@H]1CCc2c1c(C(N)=O)nn2-c1cccc(C#C[C@@](O)(C=O)CCN(C)C)c1. The monoisotopic (exact) mass is 394 g/mol. The summed E-state index contributed by atoms with van der Waals surface area (Å²) < 4.78 is 1.75. The molecule has 1 aliphatic rings. The van der Waals surface area contributed by atoms with Gasteiger partial charge in [-0.15, -0.1) is 0 Å². The van der Waals surface area contributed by atoms with E-state index in [0.29, 0.717) is 24.1 Å². The van der Waals surface area contributed by atoms with E-state index in [1.54, 1.807) is 10.7 Å². The first-order valence-corrected chi connectivity index (χ1v) is 9.63. The number of rotatable bonds is 6. The van der Waals surface area contributed by atoms with Crippen LogP contribution in [-0.4, -0.2) is 58.2 Å². The van der Waals surface area contributed by atoms with Gasteiger partial charge in [0, 0.05) is 29.8 Å². The number of amides is 1. The van der Waals surface area contributed by atoms with E-state index in [4.69, 9.17) is 5.73 Å². The van der Waals surface area contributed by atoms with E-state index < -0.39 is 11.5 Å². The summed E-state index contributed by atoms with van der Waals surface area (Å²) in [7, 11) is 3.73. The number of hydrogen-bond acceptors (Lipinski definition) is 5. The molecule has 0 spiro atoms. The molecule has 2 aromatic rings. The van der Waals surface area contributed by atoms with E-state index in [-0.39, 0.29) is 12.3 Å².